The van der Waals surface area contributed by atoms with Gasteiger partial charge in [-0.25, -0.2) is 4.98 Å². The van der Waals surface area contributed by atoms with E-state index < -0.39 is 0 Å². The first kappa shape index (κ1) is 9.35. The number of pyridine rings is 1. The summed E-state index contributed by atoms with van der Waals surface area (Å²) in [6, 6.07) is 7.80. The molecule has 0 radical (unpaired) electrons. The monoisotopic (exact) mass is 236 g/mol. The van der Waals surface area contributed by atoms with Crippen LogP contribution in [0.25, 0.3) is 27.6 Å². The van der Waals surface area contributed by atoms with Crippen LogP contribution in [0.2, 0.25) is 0 Å². The molecule has 0 saturated carbocycles. The van der Waals surface area contributed by atoms with Crippen LogP contribution in [0.15, 0.2) is 42.9 Å². The summed E-state index contributed by atoms with van der Waals surface area (Å²) in [7, 11) is 0. The fourth-order valence-electron chi connectivity index (χ4n) is 2.23. The normalized spacial score (nSPS) is 11.6. The first-order valence-corrected chi connectivity index (χ1v) is 5.53. The highest BCUT2D eigenvalue weighted by Gasteiger charge is 2.09. The molecule has 0 aliphatic carbocycles. The summed E-state index contributed by atoms with van der Waals surface area (Å²) in [5, 5.41) is 10.8. The Hall–Kier alpha value is -2.69. The van der Waals surface area contributed by atoms with Crippen molar-refractivity contribution >= 4 is 27.6 Å². The lowest BCUT2D eigenvalue weighted by Crippen LogP contribution is -1.93. The third-order valence-corrected chi connectivity index (χ3v) is 3.05. The number of para-hydroxylation sites is 1. The summed E-state index contributed by atoms with van der Waals surface area (Å²) < 4.78 is 1.64. The molecule has 0 spiro atoms. The van der Waals surface area contributed by atoms with Gasteiger partial charge in [0, 0.05) is 5.39 Å². The first-order chi connectivity index (χ1) is 8.84. The van der Waals surface area contributed by atoms with Crippen molar-refractivity contribution in [2.45, 2.75) is 0 Å². The Bertz CT molecular complexity index is 897. The fraction of sp³-hybridized carbons (Fsp3) is 0. The molecular formula is C13H8N4O. The number of fused-ring (bicyclic) bond motifs is 5. The van der Waals surface area contributed by atoms with E-state index in [1.807, 2.05) is 24.3 Å². The summed E-state index contributed by atoms with van der Waals surface area (Å²) in [5.41, 5.74) is 3.05. The number of hydrogen-bond donors (Lipinski definition) is 1. The van der Waals surface area contributed by atoms with E-state index in [2.05, 4.69) is 15.0 Å². The van der Waals surface area contributed by atoms with E-state index >= 15 is 0 Å². The molecule has 0 bridgehead atoms. The summed E-state index contributed by atoms with van der Waals surface area (Å²) in [5.74, 6) is 0.0921. The Kier molecular flexibility index (Phi) is 1.64. The Balaban J connectivity index is 2.34. The molecule has 86 valence electrons. The van der Waals surface area contributed by atoms with Gasteiger partial charge in [-0.3, -0.25) is 14.4 Å². The van der Waals surface area contributed by atoms with Crippen LogP contribution in [0.3, 0.4) is 0 Å². The Morgan fingerprint density at radius 2 is 1.83 bits per heavy atom. The molecule has 0 saturated heterocycles. The standard InChI is InChI=1S/C13H8N4O/c18-12-7-15-11-6-16-13-8-3-1-2-4-9(8)14-5-10(13)17(11)12/h1-7,18H. The molecule has 5 nitrogen and oxygen atoms in total. The third-order valence-electron chi connectivity index (χ3n) is 3.05. The molecule has 0 unspecified atom stereocenters. The molecule has 1 aromatic carbocycles. The van der Waals surface area contributed by atoms with Crippen molar-refractivity contribution in [3.05, 3.63) is 42.9 Å². The Morgan fingerprint density at radius 3 is 2.78 bits per heavy atom. The SMILES string of the molecule is Oc1cnc2cnc3c4ccccc4ncc3n12. The minimum absolute atomic E-state index is 0.0921. The predicted octanol–water partition coefficient (Wildman–Crippen LogP) is 2.14. The van der Waals surface area contributed by atoms with E-state index in [-0.39, 0.29) is 5.88 Å². The molecule has 0 amide bonds. The number of aromatic hydroxyl groups is 1. The van der Waals surface area contributed by atoms with E-state index in [1.54, 1.807) is 16.8 Å². The van der Waals surface area contributed by atoms with Gasteiger partial charge in [0.25, 0.3) is 0 Å². The largest absolute Gasteiger partial charge is 0.493 e. The maximum Gasteiger partial charge on any atom is 0.216 e. The second kappa shape index (κ2) is 3.16. The molecule has 4 aromatic rings. The van der Waals surface area contributed by atoms with Crippen molar-refractivity contribution in [1.82, 2.24) is 19.4 Å². The van der Waals surface area contributed by atoms with Crippen LogP contribution >= 0.6 is 0 Å². The van der Waals surface area contributed by atoms with Crippen LogP contribution in [-0.4, -0.2) is 24.5 Å². The van der Waals surface area contributed by atoms with Gasteiger partial charge in [-0.15, -0.1) is 0 Å². The molecule has 0 aliphatic heterocycles. The van der Waals surface area contributed by atoms with Gasteiger partial charge in [-0.2, -0.15) is 0 Å². The van der Waals surface area contributed by atoms with Crippen molar-refractivity contribution in [3.8, 4) is 5.88 Å². The second-order valence-electron chi connectivity index (χ2n) is 4.08. The highest BCUT2D eigenvalue weighted by Crippen LogP contribution is 2.24. The summed E-state index contributed by atoms with van der Waals surface area (Å²) in [4.78, 5) is 12.9. The number of imidazole rings is 1. The lowest BCUT2D eigenvalue weighted by atomic mass is 10.2. The maximum absolute atomic E-state index is 9.83. The second-order valence-corrected chi connectivity index (χ2v) is 4.08. The molecule has 0 atom stereocenters. The molecule has 0 fully saturated rings. The van der Waals surface area contributed by atoms with Gasteiger partial charge in [0.2, 0.25) is 5.88 Å². The zero-order chi connectivity index (χ0) is 12.1. The van der Waals surface area contributed by atoms with Crippen LogP contribution in [0.4, 0.5) is 0 Å². The minimum atomic E-state index is 0.0921. The molecule has 0 aliphatic rings. The number of nitrogens with zero attached hydrogens (tertiary/aromatic N) is 4. The van der Waals surface area contributed by atoms with Crippen molar-refractivity contribution in [2.24, 2.45) is 0 Å². The molecule has 5 heteroatoms. The van der Waals surface area contributed by atoms with Gasteiger partial charge < -0.3 is 5.11 Å². The van der Waals surface area contributed by atoms with Crippen LogP contribution in [-0.2, 0) is 0 Å². The zero-order valence-corrected chi connectivity index (χ0v) is 9.28. The lowest BCUT2D eigenvalue weighted by molar-refractivity contribution is 0.451. The van der Waals surface area contributed by atoms with Crippen molar-refractivity contribution < 1.29 is 5.11 Å². The zero-order valence-electron chi connectivity index (χ0n) is 9.28. The number of hydrogen-bond acceptors (Lipinski definition) is 4. The molecule has 3 aromatic heterocycles. The van der Waals surface area contributed by atoms with Gasteiger partial charge >= 0.3 is 0 Å². The molecule has 1 N–H and O–H groups in total. The third kappa shape index (κ3) is 1.08. The van der Waals surface area contributed by atoms with Crippen LogP contribution in [0.5, 0.6) is 5.88 Å². The Labute approximate surface area is 101 Å². The maximum atomic E-state index is 9.83. The molecule has 4 rings (SSSR count). The summed E-state index contributed by atoms with van der Waals surface area (Å²) in [6.45, 7) is 0. The van der Waals surface area contributed by atoms with Crippen molar-refractivity contribution in [1.29, 1.82) is 0 Å². The van der Waals surface area contributed by atoms with Gasteiger partial charge in [-0.05, 0) is 6.07 Å². The fourth-order valence-corrected chi connectivity index (χ4v) is 2.23. The highest BCUT2D eigenvalue weighted by atomic mass is 16.3. The average molecular weight is 236 g/mol. The van der Waals surface area contributed by atoms with Crippen molar-refractivity contribution in [3.63, 3.8) is 0 Å². The number of aromatic nitrogens is 4. The molecule has 18 heavy (non-hydrogen) atoms. The van der Waals surface area contributed by atoms with E-state index in [0.717, 1.165) is 21.9 Å². The quantitative estimate of drug-likeness (QED) is 0.475. The van der Waals surface area contributed by atoms with Gasteiger partial charge in [0.05, 0.1) is 35.1 Å². The van der Waals surface area contributed by atoms with Gasteiger partial charge in [0.15, 0.2) is 5.65 Å². The Morgan fingerprint density at radius 1 is 0.944 bits per heavy atom. The van der Waals surface area contributed by atoms with E-state index in [9.17, 15) is 5.11 Å². The molecular weight excluding hydrogens is 228 g/mol. The van der Waals surface area contributed by atoms with Crippen LogP contribution in [0, 0.1) is 0 Å². The minimum Gasteiger partial charge on any atom is -0.493 e. The number of rotatable bonds is 0. The molecule has 3 heterocycles. The summed E-state index contributed by atoms with van der Waals surface area (Å²) in [6.07, 6.45) is 4.76. The first-order valence-electron chi connectivity index (χ1n) is 5.53. The van der Waals surface area contributed by atoms with E-state index in [4.69, 9.17) is 0 Å². The summed E-state index contributed by atoms with van der Waals surface area (Å²) >= 11 is 0. The highest BCUT2D eigenvalue weighted by molar-refractivity contribution is 6.02. The smallest absolute Gasteiger partial charge is 0.216 e. The van der Waals surface area contributed by atoms with Gasteiger partial charge in [-0.1, -0.05) is 18.2 Å². The van der Waals surface area contributed by atoms with Crippen molar-refractivity contribution in [2.75, 3.05) is 0 Å². The van der Waals surface area contributed by atoms with E-state index in [0.29, 0.717) is 5.65 Å². The topological polar surface area (TPSA) is 63.3 Å². The lowest BCUT2D eigenvalue weighted by Gasteiger charge is -2.04. The van der Waals surface area contributed by atoms with E-state index in [1.165, 1.54) is 6.20 Å². The average Bonchev–Trinajstić information content (AvgIpc) is 2.80. The predicted molar refractivity (Wildman–Crippen MR) is 67.5 cm³/mol. The van der Waals surface area contributed by atoms with Crippen LogP contribution in [0.1, 0.15) is 0 Å². The van der Waals surface area contributed by atoms with Gasteiger partial charge in [0.1, 0.15) is 0 Å². The van der Waals surface area contributed by atoms with Crippen LogP contribution < -0.4 is 0 Å². The number of benzene rings is 1.